The molecule has 0 spiro atoms. The van der Waals surface area contributed by atoms with Crippen LogP contribution >= 0.6 is 9.24 Å². The second-order valence-electron chi connectivity index (χ2n) is 4.05. The van der Waals surface area contributed by atoms with E-state index in [1.165, 1.54) is 16.4 Å². The van der Waals surface area contributed by atoms with Crippen molar-refractivity contribution in [2.75, 3.05) is 7.11 Å². The summed E-state index contributed by atoms with van der Waals surface area (Å²) in [5.74, 6) is 0.982. The van der Waals surface area contributed by atoms with Crippen molar-refractivity contribution in [2.24, 2.45) is 0 Å². The summed E-state index contributed by atoms with van der Waals surface area (Å²) < 4.78 is 5.35. The number of para-hydroxylation sites is 1. The lowest BCUT2D eigenvalue weighted by atomic mass is 10.0. The summed E-state index contributed by atoms with van der Waals surface area (Å²) in [6.07, 6.45) is 2.06. The summed E-state index contributed by atoms with van der Waals surface area (Å²) in [4.78, 5) is 0. The Labute approximate surface area is 105 Å². The highest BCUT2D eigenvalue weighted by Crippen LogP contribution is 2.19. The van der Waals surface area contributed by atoms with Gasteiger partial charge in [0.2, 0.25) is 0 Å². The highest BCUT2D eigenvalue weighted by atomic mass is 31.0. The second-order valence-corrected chi connectivity index (χ2v) is 4.72. The number of benzene rings is 2. The Kier molecular flexibility index (Phi) is 4.17. The van der Waals surface area contributed by atoms with Crippen molar-refractivity contribution in [2.45, 2.75) is 12.8 Å². The molecule has 2 aromatic rings. The van der Waals surface area contributed by atoms with Crippen LogP contribution in [0.5, 0.6) is 5.75 Å². The Morgan fingerprint density at radius 2 is 1.65 bits per heavy atom. The topological polar surface area (TPSA) is 9.23 Å². The van der Waals surface area contributed by atoms with E-state index in [2.05, 4.69) is 45.6 Å². The lowest BCUT2D eigenvalue weighted by Crippen LogP contribution is -1.96. The molecular weight excluding hydrogens is 227 g/mol. The van der Waals surface area contributed by atoms with E-state index in [4.69, 9.17) is 4.74 Å². The average Bonchev–Trinajstić information content (AvgIpc) is 2.38. The van der Waals surface area contributed by atoms with Gasteiger partial charge >= 0.3 is 0 Å². The Morgan fingerprint density at radius 1 is 0.941 bits per heavy atom. The molecule has 2 aromatic carbocycles. The zero-order chi connectivity index (χ0) is 12.1. The quantitative estimate of drug-likeness (QED) is 0.751. The van der Waals surface area contributed by atoms with Crippen molar-refractivity contribution < 1.29 is 4.74 Å². The summed E-state index contributed by atoms with van der Waals surface area (Å²) in [6, 6.07) is 16.8. The molecule has 0 bridgehead atoms. The standard InChI is InChI=1S/C15H17OP/c1-16-15-5-3-2-4-13(15)9-6-12-7-10-14(17)11-8-12/h2-5,7-8,10-11H,6,9,17H2,1H3. The van der Waals surface area contributed by atoms with Crippen LogP contribution in [0.15, 0.2) is 48.5 Å². The van der Waals surface area contributed by atoms with Gasteiger partial charge in [0.1, 0.15) is 5.75 Å². The molecule has 0 aliphatic carbocycles. The molecule has 1 nitrogen and oxygen atoms in total. The number of methoxy groups -OCH3 is 1. The van der Waals surface area contributed by atoms with Crippen LogP contribution in [0, 0.1) is 0 Å². The molecule has 0 fully saturated rings. The minimum absolute atomic E-state index is 0.982. The number of rotatable bonds is 4. The second kappa shape index (κ2) is 5.84. The van der Waals surface area contributed by atoms with E-state index in [0.717, 1.165) is 18.6 Å². The largest absolute Gasteiger partial charge is 0.496 e. The van der Waals surface area contributed by atoms with Gasteiger partial charge in [0.25, 0.3) is 0 Å². The molecule has 0 radical (unpaired) electrons. The molecule has 17 heavy (non-hydrogen) atoms. The number of aryl methyl sites for hydroxylation is 2. The van der Waals surface area contributed by atoms with Gasteiger partial charge in [0, 0.05) is 0 Å². The average molecular weight is 244 g/mol. The van der Waals surface area contributed by atoms with E-state index in [9.17, 15) is 0 Å². The summed E-state index contributed by atoms with van der Waals surface area (Å²) in [5.41, 5.74) is 2.63. The third kappa shape index (κ3) is 3.31. The van der Waals surface area contributed by atoms with Gasteiger partial charge < -0.3 is 4.74 Å². The molecule has 0 saturated carbocycles. The minimum atomic E-state index is 0.982. The van der Waals surface area contributed by atoms with Crippen LogP contribution in [-0.4, -0.2) is 7.11 Å². The number of hydrogen-bond acceptors (Lipinski definition) is 1. The fourth-order valence-corrected chi connectivity index (χ4v) is 2.07. The SMILES string of the molecule is COc1ccccc1CCc1ccc(P)cc1. The zero-order valence-electron chi connectivity index (χ0n) is 10.0. The van der Waals surface area contributed by atoms with E-state index in [0.29, 0.717) is 0 Å². The Balaban J connectivity index is 2.04. The molecule has 1 unspecified atom stereocenters. The molecule has 0 heterocycles. The van der Waals surface area contributed by atoms with Gasteiger partial charge in [-0.15, -0.1) is 9.24 Å². The first-order chi connectivity index (χ1) is 8.29. The predicted octanol–water partition coefficient (Wildman–Crippen LogP) is 2.98. The van der Waals surface area contributed by atoms with Gasteiger partial charge in [-0.2, -0.15) is 0 Å². The van der Waals surface area contributed by atoms with Crippen molar-refractivity contribution >= 4 is 14.5 Å². The van der Waals surface area contributed by atoms with Crippen molar-refractivity contribution in [3.05, 3.63) is 59.7 Å². The number of ether oxygens (including phenoxy) is 1. The van der Waals surface area contributed by atoms with E-state index in [1.807, 2.05) is 12.1 Å². The van der Waals surface area contributed by atoms with Crippen molar-refractivity contribution in [1.82, 2.24) is 0 Å². The van der Waals surface area contributed by atoms with Crippen LogP contribution in [0.2, 0.25) is 0 Å². The summed E-state index contributed by atoms with van der Waals surface area (Å²) in [7, 11) is 4.43. The zero-order valence-corrected chi connectivity index (χ0v) is 11.2. The highest BCUT2D eigenvalue weighted by molar-refractivity contribution is 7.27. The molecule has 0 amide bonds. The smallest absolute Gasteiger partial charge is 0.122 e. The van der Waals surface area contributed by atoms with E-state index in [-0.39, 0.29) is 0 Å². The van der Waals surface area contributed by atoms with E-state index < -0.39 is 0 Å². The van der Waals surface area contributed by atoms with Gasteiger partial charge in [-0.05, 0) is 35.3 Å². The van der Waals surface area contributed by atoms with Crippen LogP contribution in [0.25, 0.3) is 0 Å². The maximum atomic E-state index is 5.35. The monoisotopic (exact) mass is 244 g/mol. The van der Waals surface area contributed by atoms with Crippen LogP contribution in [0.4, 0.5) is 0 Å². The predicted molar refractivity (Wildman–Crippen MR) is 76.2 cm³/mol. The van der Waals surface area contributed by atoms with E-state index >= 15 is 0 Å². The maximum absolute atomic E-state index is 5.35. The van der Waals surface area contributed by atoms with Crippen molar-refractivity contribution in [3.63, 3.8) is 0 Å². The molecule has 1 atom stereocenters. The molecule has 2 rings (SSSR count). The Morgan fingerprint density at radius 3 is 2.35 bits per heavy atom. The van der Waals surface area contributed by atoms with Gasteiger partial charge in [0.15, 0.2) is 0 Å². The third-order valence-electron chi connectivity index (χ3n) is 2.86. The Hall–Kier alpha value is -1.33. The van der Waals surface area contributed by atoms with E-state index in [1.54, 1.807) is 7.11 Å². The first kappa shape index (κ1) is 12.1. The highest BCUT2D eigenvalue weighted by Gasteiger charge is 2.01. The lowest BCUT2D eigenvalue weighted by Gasteiger charge is -2.08. The van der Waals surface area contributed by atoms with Gasteiger partial charge in [-0.25, -0.2) is 0 Å². The first-order valence-corrected chi connectivity index (χ1v) is 6.33. The maximum Gasteiger partial charge on any atom is 0.122 e. The van der Waals surface area contributed by atoms with Gasteiger partial charge in [-0.1, -0.05) is 42.5 Å². The minimum Gasteiger partial charge on any atom is -0.496 e. The molecular formula is C15H17OP. The van der Waals surface area contributed by atoms with Crippen molar-refractivity contribution in [1.29, 1.82) is 0 Å². The summed E-state index contributed by atoms with van der Waals surface area (Å²) in [6.45, 7) is 0. The lowest BCUT2D eigenvalue weighted by molar-refractivity contribution is 0.409. The molecule has 0 N–H and O–H groups in total. The normalized spacial score (nSPS) is 10.2. The van der Waals surface area contributed by atoms with Crippen LogP contribution in [-0.2, 0) is 12.8 Å². The van der Waals surface area contributed by atoms with Gasteiger partial charge in [-0.3, -0.25) is 0 Å². The molecule has 88 valence electrons. The summed E-state index contributed by atoms with van der Waals surface area (Å²) in [5, 5.41) is 1.23. The molecule has 0 aliphatic rings. The molecule has 0 saturated heterocycles. The Bertz CT molecular complexity index is 477. The molecule has 0 aliphatic heterocycles. The number of hydrogen-bond donors (Lipinski definition) is 0. The molecule has 0 aromatic heterocycles. The van der Waals surface area contributed by atoms with Crippen molar-refractivity contribution in [3.8, 4) is 5.75 Å². The third-order valence-corrected chi connectivity index (χ3v) is 3.24. The summed E-state index contributed by atoms with van der Waals surface area (Å²) >= 11 is 0. The fourth-order valence-electron chi connectivity index (χ4n) is 1.87. The molecule has 2 heteroatoms. The first-order valence-electron chi connectivity index (χ1n) is 5.76. The van der Waals surface area contributed by atoms with Crippen LogP contribution < -0.4 is 10.0 Å². The van der Waals surface area contributed by atoms with Crippen LogP contribution in [0.3, 0.4) is 0 Å². The van der Waals surface area contributed by atoms with Crippen LogP contribution in [0.1, 0.15) is 11.1 Å². The fraction of sp³-hybridized carbons (Fsp3) is 0.200. The van der Waals surface area contributed by atoms with Gasteiger partial charge in [0.05, 0.1) is 7.11 Å².